The van der Waals surface area contributed by atoms with E-state index < -0.39 is 0 Å². The van der Waals surface area contributed by atoms with Gasteiger partial charge in [-0.1, -0.05) is 30.3 Å². The Hall–Kier alpha value is -1.55. The molecule has 2 aliphatic heterocycles. The van der Waals surface area contributed by atoms with Crippen molar-refractivity contribution < 1.29 is 4.79 Å². The van der Waals surface area contributed by atoms with Gasteiger partial charge in [-0.2, -0.15) is 0 Å². The maximum Gasteiger partial charge on any atom is 0.320 e. The summed E-state index contributed by atoms with van der Waals surface area (Å²) in [6.07, 6.45) is 3.84. The summed E-state index contributed by atoms with van der Waals surface area (Å²) in [5, 5.41) is 0. The van der Waals surface area contributed by atoms with Crippen molar-refractivity contribution in [2.45, 2.75) is 25.8 Å². The fourth-order valence-electron chi connectivity index (χ4n) is 3.65. The van der Waals surface area contributed by atoms with Gasteiger partial charge in [-0.25, -0.2) is 4.79 Å². The van der Waals surface area contributed by atoms with E-state index in [2.05, 4.69) is 17.0 Å². The quantitative estimate of drug-likeness (QED) is 0.855. The standard InChI is InChI=1S/C18H27N3O/c1-19(13-16-7-3-2-4-8-16)18(22)21-12-9-17(15-21)14-20-10-5-6-11-20/h2-4,7-8,17H,5-6,9-15H2,1H3. The molecule has 0 saturated carbocycles. The van der Waals surface area contributed by atoms with Gasteiger partial charge in [-0.15, -0.1) is 0 Å². The number of hydrogen-bond donors (Lipinski definition) is 0. The molecule has 0 N–H and O–H groups in total. The molecule has 2 amide bonds. The number of urea groups is 1. The molecule has 0 spiro atoms. The molecular weight excluding hydrogens is 274 g/mol. The molecule has 0 bridgehead atoms. The first-order valence-corrected chi connectivity index (χ1v) is 8.48. The van der Waals surface area contributed by atoms with Gasteiger partial charge in [0.15, 0.2) is 0 Å². The Morgan fingerprint density at radius 2 is 1.91 bits per heavy atom. The lowest BCUT2D eigenvalue weighted by molar-refractivity contribution is 0.167. The van der Waals surface area contributed by atoms with E-state index in [1.807, 2.05) is 35.0 Å². The zero-order valence-corrected chi connectivity index (χ0v) is 13.6. The van der Waals surface area contributed by atoms with Gasteiger partial charge < -0.3 is 14.7 Å². The predicted octanol–water partition coefficient (Wildman–Crippen LogP) is 2.66. The van der Waals surface area contributed by atoms with Gasteiger partial charge in [0.1, 0.15) is 0 Å². The van der Waals surface area contributed by atoms with Crippen molar-refractivity contribution >= 4 is 6.03 Å². The van der Waals surface area contributed by atoms with Crippen LogP contribution in [0.5, 0.6) is 0 Å². The summed E-state index contributed by atoms with van der Waals surface area (Å²) >= 11 is 0. The lowest BCUT2D eigenvalue weighted by atomic mass is 10.1. The molecule has 1 aromatic rings. The van der Waals surface area contributed by atoms with E-state index in [-0.39, 0.29) is 6.03 Å². The van der Waals surface area contributed by atoms with Gasteiger partial charge in [-0.05, 0) is 43.8 Å². The van der Waals surface area contributed by atoms with Crippen LogP contribution in [0.3, 0.4) is 0 Å². The number of benzene rings is 1. The average Bonchev–Trinajstić information content (AvgIpc) is 3.20. The van der Waals surface area contributed by atoms with Crippen LogP contribution in [0.15, 0.2) is 30.3 Å². The molecule has 4 heteroatoms. The molecule has 2 heterocycles. The lowest BCUT2D eigenvalue weighted by Gasteiger charge is -2.25. The van der Waals surface area contributed by atoms with E-state index in [4.69, 9.17) is 0 Å². The van der Waals surface area contributed by atoms with Crippen LogP contribution in [-0.4, -0.2) is 60.5 Å². The summed E-state index contributed by atoms with van der Waals surface area (Å²) in [5.41, 5.74) is 1.19. The van der Waals surface area contributed by atoms with Crippen molar-refractivity contribution in [3.05, 3.63) is 35.9 Å². The Morgan fingerprint density at radius 1 is 1.18 bits per heavy atom. The van der Waals surface area contributed by atoms with E-state index in [0.29, 0.717) is 12.5 Å². The van der Waals surface area contributed by atoms with Crippen molar-refractivity contribution in [2.75, 3.05) is 39.8 Å². The number of amides is 2. The number of hydrogen-bond acceptors (Lipinski definition) is 2. The number of likely N-dealkylation sites (tertiary alicyclic amines) is 2. The summed E-state index contributed by atoms with van der Waals surface area (Å²) in [7, 11) is 1.91. The van der Waals surface area contributed by atoms with Crippen LogP contribution in [0, 0.1) is 5.92 Å². The fourth-order valence-corrected chi connectivity index (χ4v) is 3.65. The maximum absolute atomic E-state index is 12.6. The average molecular weight is 301 g/mol. The minimum absolute atomic E-state index is 0.174. The third-order valence-corrected chi connectivity index (χ3v) is 4.86. The molecule has 2 aliphatic rings. The fraction of sp³-hybridized carbons (Fsp3) is 0.611. The zero-order chi connectivity index (χ0) is 15.4. The highest BCUT2D eigenvalue weighted by Crippen LogP contribution is 2.21. The second kappa shape index (κ2) is 7.14. The largest absolute Gasteiger partial charge is 0.324 e. The lowest BCUT2D eigenvalue weighted by Crippen LogP contribution is -2.40. The van der Waals surface area contributed by atoms with Crippen LogP contribution in [0.1, 0.15) is 24.8 Å². The topological polar surface area (TPSA) is 26.8 Å². The van der Waals surface area contributed by atoms with Crippen molar-refractivity contribution in [1.29, 1.82) is 0 Å². The first-order valence-electron chi connectivity index (χ1n) is 8.48. The predicted molar refractivity (Wildman–Crippen MR) is 88.7 cm³/mol. The molecule has 1 aromatic carbocycles. The van der Waals surface area contributed by atoms with Gasteiger partial charge >= 0.3 is 6.03 Å². The minimum atomic E-state index is 0.174. The van der Waals surface area contributed by atoms with Crippen LogP contribution in [0.4, 0.5) is 4.79 Å². The molecule has 0 aromatic heterocycles. The molecule has 4 nitrogen and oxygen atoms in total. The van der Waals surface area contributed by atoms with Crippen molar-refractivity contribution in [2.24, 2.45) is 5.92 Å². The van der Waals surface area contributed by atoms with Gasteiger partial charge in [0.2, 0.25) is 0 Å². The maximum atomic E-state index is 12.6. The summed E-state index contributed by atoms with van der Waals surface area (Å²) in [5.74, 6) is 0.659. The SMILES string of the molecule is CN(Cc1ccccc1)C(=O)N1CCC(CN2CCCC2)C1. The zero-order valence-electron chi connectivity index (χ0n) is 13.6. The summed E-state index contributed by atoms with van der Waals surface area (Å²) in [6, 6.07) is 10.4. The summed E-state index contributed by atoms with van der Waals surface area (Å²) in [4.78, 5) is 19.0. The van der Waals surface area contributed by atoms with Gasteiger partial charge in [0.25, 0.3) is 0 Å². The molecule has 1 unspecified atom stereocenters. The number of carbonyl (C=O) groups excluding carboxylic acids is 1. The highest BCUT2D eigenvalue weighted by atomic mass is 16.2. The summed E-state index contributed by atoms with van der Waals surface area (Å²) in [6.45, 7) is 6.20. The van der Waals surface area contributed by atoms with Gasteiger partial charge in [-0.3, -0.25) is 0 Å². The number of carbonyl (C=O) groups is 1. The smallest absolute Gasteiger partial charge is 0.320 e. The van der Waals surface area contributed by atoms with Gasteiger partial charge in [0, 0.05) is 33.2 Å². The third kappa shape index (κ3) is 3.80. The van der Waals surface area contributed by atoms with Crippen molar-refractivity contribution in [3.8, 4) is 0 Å². The van der Waals surface area contributed by atoms with Crippen LogP contribution in [0.2, 0.25) is 0 Å². The van der Waals surface area contributed by atoms with Gasteiger partial charge in [0.05, 0.1) is 0 Å². The second-order valence-electron chi connectivity index (χ2n) is 6.73. The Labute approximate surface area is 133 Å². The van der Waals surface area contributed by atoms with Crippen molar-refractivity contribution in [1.82, 2.24) is 14.7 Å². The minimum Gasteiger partial charge on any atom is -0.324 e. The molecule has 0 aliphatic carbocycles. The summed E-state index contributed by atoms with van der Waals surface area (Å²) < 4.78 is 0. The molecule has 120 valence electrons. The van der Waals surface area contributed by atoms with Crippen LogP contribution in [0.25, 0.3) is 0 Å². The van der Waals surface area contributed by atoms with E-state index in [1.54, 1.807) is 0 Å². The molecular formula is C18H27N3O. The molecule has 22 heavy (non-hydrogen) atoms. The monoisotopic (exact) mass is 301 g/mol. The first kappa shape index (κ1) is 15.3. The van der Waals surface area contributed by atoms with Crippen LogP contribution in [-0.2, 0) is 6.54 Å². The van der Waals surface area contributed by atoms with E-state index in [9.17, 15) is 4.79 Å². The van der Waals surface area contributed by atoms with Crippen LogP contribution >= 0.6 is 0 Å². The Bertz CT molecular complexity index is 484. The number of rotatable bonds is 4. The Balaban J connectivity index is 1.48. The highest BCUT2D eigenvalue weighted by molar-refractivity contribution is 5.74. The normalized spacial score (nSPS) is 22.2. The Morgan fingerprint density at radius 3 is 2.64 bits per heavy atom. The molecule has 1 atom stereocenters. The second-order valence-corrected chi connectivity index (χ2v) is 6.73. The Kier molecular flexibility index (Phi) is 4.98. The highest BCUT2D eigenvalue weighted by Gasteiger charge is 2.29. The third-order valence-electron chi connectivity index (χ3n) is 4.86. The molecule has 2 fully saturated rings. The van der Waals surface area contributed by atoms with E-state index in [1.165, 1.54) is 38.0 Å². The van der Waals surface area contributed by atoms with E-state index in [0.717, 1.165) is 19.5 Å². The molecule has 2 saturated heterocycles. The number of nitrogens with zero attached hydrogens (tertiary/aromatic N) is 3. The first-order chi connectivity index (χ1) is 10.7. The van der Waals surface area contributed by atoms with Crippen LogP contribution < -0.4 is 0 Å². The molecule has 0 radical (unpaired) electrons. The van der Waals surface area contributed by atoms with Crippen molar-refractivity contribution in [3.63, 3.8) is 0 Å². The molecule has 3 rings (SSSR count). The van der Waals surface area contributed by atoms with E-state index >= 15 is 0 Å².